The smallest absolute Gasteiger partial charge is 0.335 e. The molecule has 0 aliphatic rings. The summed E-state index contributed by atoms with van der Waals surface area (Å²) >= 11 is 0. The number of nitrogens with one attached hydrogen (secondary N) is 1. The van der Waals surface area contributed by atoms with Crippen LogP contribution in [0.3, 0.4) is 0 Å². The molecule has 0 radical (unpaired) electrons. The van der Waals surface area contributed by atoms with Crippen molar-refractivity contribution in [3.63, 3.8) is 0 Å². The third-order valence-electron chi connectivity index (χ3n) is 2.54. The zero-order chi connectivity index (χ0) is 13.7. The Balaban J connectivity index is 1.87. The van der Waals surface area contributed by atoms with Crippen molar-refractivity contribution in [3.8, 4) is 0 Å². The number of nitrogens with zero attached hydrogens (tertiary/aromatic N) is 4. The molecule has 0 unspecified atom stereocenters. The SMILES string of the molecule is Cc1cc(C(=O)O)cc(NCCCn2ccnn2)n1. The van der Waals surface area contributed by atoms with Gasteiger partial charge in [-0.3, -0.25) is 4.68 Å². The number of carboxylic acids is 1. The zero-order valence-corrected chi connectivity index (χ0v) is 10.6. The maximum Gasteiger partial charge on any atom is 0.335 e. The van der Waals surface area contributed by atoms with Crippen LogP contribution in [0.25, 0.3) is 0 Å². The second kappa shape index (κ2) is 5.94. The van der Waals surface area contributed by atoms with E-state index >= 15 is 0 Å². The van der Waals surface area contributed by atoms with Crippen molar-refractivity contribution < 1.29 is 9.90 Å². The van der Waals surface area contributed by atoms with E-state index in [-0.39, 0.29) is 5.56 Å². The quantitative estimate of drug-likeness (QED) is 0.758. The van der Waals surface area contributed by atoms with Crippen LogP contribution in [0.5, 0.6) is 0 Å². The van der Waals surface area contributed by atoms with Gasteiger partial charge >= 0.3 is 5.97 Å². The Morgan fingerprint density at radius 1 is 1.47 bits per heavy atom. The molecule has 0 spiro atoms. The molecular formula is C12H15N5O2. The second-order valence-electron chi connectivity index (χ2n) is 4.13. The largest absolute Gasteiger partial charge is 0.478 e. The Morgan fingerprint density at radius 2 is 2.32 bits per heavy atom. The lowest BCUT2D eigenvalue weighted by Crippen LogP contribution is -2.09. The summed E-state index contributed by atoms with van der Waals surface area (Å²) in [7, 11) is 0. The second-order valence-corrected chi connectivity index (χ2v) is 4.13. The minimum absolute atomic E-state index is 0.242. The molecule has 0 atom stereocenters. The summed E-state index contributed by atoms with van der Waals surface area (Å²) in [6.07, 6.45) is 4.28. The topological polar surface area (TPSA) is 92.9 Å². The fraction of sp³-hybridized carbons (Fsp3) is 0.333. The molecule has 2 N–H and O–H groups in total. The highest BCUT2D eigenvalue weighted by molar-refractivity contribution is 5.88. The van der Waals surface area contributed by atoms with Gasteiger partial charge in [0.05, 0.1) is 11.8 Å². The fourth-order valence-corrected chi connectivity index (χ4v) is 1.69. The Bertz CT molecular complexity index is 553. The van der Waals surface area contributed by atoms with Crippen molar-refractivity contribution in [3.05, 3.63) is 35.8 Å². The van der Waals surface area contributed by atoms with Crippen molar-refractivity contribution in [1.29, 1.82) is 0 Å². The molecule has 2 rings (SSSR count). The van der Waals surface area contributed by atoms with Gasteiger partial charge in [-0.15, -0.1) is 5.10 Å². The number of pyridine rings is 1. The van der Waals surface area contributed by atoms with E-state index in [0.29, 0.717) is 18.1 Å². The molecule has 0 saturated carbocycles. The Hall–Kier alpha value is -2.44. The molecule has 2 aromatic rings. The summed E-state index contributed by atoms with van der Waals surface area (Å²) in [5.74, 6) is -0.368. The van der Waals surface area contributed by atoms with Crippen molar-refractivity contribution in [2.45, 2.75) is 19.9 Å². The predicted molar refractivity (Wildman–Crippen MR) is 69.1 cm³/mol. The summed E-state index contributed by atoms with van der Waals surface area (Å²) in [4.78, 5) is 15.2. The molecular weight excluding hydrogens is 246 g/mol. The molecule has 2 aromatic heterocycles. The van der Waals surface area contributed by atoms with Crippen LogP contribution in [0, 0.1) is 6.92 Å². The average molecular weight is 261 g/mol. The van der Waals surface area contributed by atoms with Gasteiger partial charge in [-0.1, -0.05) is 5.21 Å². The van der Waals surface area contributed by atoms with Crippen molar-refractivity contribution in [2.75, 3.05) is 11.9 Å². The lowest BCUT2D eigenvalue weighted by atomic mass is 10.2. The maximum absolute atomic E-state index is 10.9. The molecule has 0 fully saturated rings. The van der Waals surface area contributed by atoms with E-state index in [2.05, 4.69) is 20.6 Å². The third-order valence-corrected chi connectivity index (χ3v) is 2.54. The molecule has 0 amide bonds. The highest BCUT2D eigenvalue weighted by Crippen LogP contribution is 2.10. The third kappa shape index (κ3) is 3.77. The van der Waals surface area contributed by atoms with Gasteiger partial charge in [0.15, 0.2) is 0 Å². The van der Waals surface area contributed by atoms with Crippen LogP contribution in [-0.2, 0) is 6.54 Å². The number of aromatic nitrogens is 4. The van der Waals surface area contributed by atoms with Crippen LogP contribution in [-0.4, -0.2) is 37.6 Å². The summed E-state index contributed by atoms with van der Waals surface area (Å²) in [6.45, 7) is 3.22. The predicted octanol–water partition coefficient (Wildman–Crippen LogP) is 1.18. The highest BCUT2D eigenvalue weighted by atomic mass is 16.4. The summed E-state index contributed by atoms with van der Waals surface area (Å²) in [5, 5.41) is 19.6. The van der Waals surface area contributed by atoms with Crippen LogP contribution in [0.1, 0.15) is 22.5 Å². The molecule has 100 valence electrons. The molecule has 7 heteroatoms. The number of aromatic carboxylic acids is 1. The molecule has 19 heavy (non-hydrogen) atoms. The lowest BCUT2D eigenvalue weighted by molar-refractivity contribution is 0.0696. The first-order valence-electron chi connectivity index (χ1n) is 5.95. The monoisotopic (exact) mass is 261 g/mol. The highest BCUT2D eigenvalue weighted by Gasteiger charge is 2.06. The van der Waals surface area contributed by atoms with E-state index < -0.39 is 5.97 Å². The number of hydrogen-bond donors (Lipinski definition) is 2. The summed E-state index contributed by atoms with van der Waals surface area (Å²) in [5.41, 5.74) is 0.921. The van der Waals surface area contributed by atoms with E-state index in [1.165, 1.54) is 6.07 Å². The first-order chi connectivity index (χ1) is 9.15. The maximum atomic E-state index is 10.9. The number of anilines is 1. The van der Waals surface area contributed by atoms with Crippen LogP contribution in [0.2, 0.25) is 0 Å². The number of carboxylic acid groups (broad SMARTS) is 1. The molecule has 0 aromatic carbocycles. The van der Waals surface area contributed by atoms with Gasteiger partial charge in [-0.25, -0.2) is 9.78 Å². The van der Waals surface area contributed by atoms with Crippen LogP contribution in [0.4, 0.5) is 5.82 Å². The van der Waals surface area contributed by atoms with Gasteiger partial charge in [-0.05, 0) is 25.5 Å². The Morgan fingerprint density at radius 3 is 3.00 bits per heavy atom. The van der Waals surface area contributed by atoms with Crippen LogP contribution in [0.15, 0.2) is 24.5 Å². The summed E-state index contributed by atoms with van der Waals surface area (Å²) < 4.78 is 1.74. The Kier molecular flexibility index (Phi) is 4.07. The summed E-state index contributed by atoms with van der Waals surface area (Å²) in [6, 6.07) is 3.08. The van der Waals surface area contributed by atoms with Gasteiger partial charge in [0, 0.05) is 25.0 Å². The Labute approximate surface area is 110 Å². The number of hydrogen-bond acceptors (Lipinski definition) is 5. The van der Waals surface area contributed by atoms with Crippen LogP contribution >= 0.6 is 0 Å². The zero-order valence-electron chi connectivity index (χ0n) is 10.6. The molecule has 0 bridgehead atoms. The van der Waals surface area contributed by atoms with E-state index in [1.807, 2.05) is 0 Å². The standard InChI is InChI=1S/C12H15N5O2/c1-9-7-10(12(18)19)8-11(15-9)13-3-2-5-17-6-4-14-16-17/h4,6-8H,2-3,5H2,1H3,(H,13,15)(H,18,19). The van der Waals surface area contributed by atoms with E-state index in [0.717, 1.165) is 13.0 Å². The van der Waals surface area contributed by atoms with E-state index in [1.54, 1.807) is 30.1 Å². The van der Waals surface area contributed by atoms with Crippen LogP contribution < -0.4 is 5.32 Å². The molecule has 0 aliphatic carbocycles. The number of carbonyl (C=O) groups is 1. The molecule has 7 nitrogen and oxygen atoms in total. The molecule has 2 heterocycles. The van der Waals surface area contributed by atoms with E-state index in [9.17, 15) is 4.79 Å². The molecule has 0 saturated heterocycles. The fourth-order valence-electron chi connectivity index (χ4n) is 1.69. The van der Waals surface area contributed by atoms with Gasteiger partial charge in [0.25, 0.3) is 0 Å². The minimum atomic E-state index is -0.948. The average Bonchev–Trinajstić information content (AvgIpc) is 2.87. The van der Waals surface area contributed by atoms with Gasteiger partial charge < -0.3 is 10.4 Å². The number of aryl methyl sites for hydroxylation is 2. The lowest BCUT2D eigenvalue weighted by Gasteiger charge is -2.07. The number of rotatable bonds is 6. The van der Waals surface area contributed by atoms with Gasteiger partial charge in [0.1, 0.15) is 5.82 Å². The van der Waals surface area contributed by atoms with Crippen molar-refractivity contribution in [2.24, 2.45) is 0 Å². The van der Waals surface area contributed by atoms with Gasteiger partial charge in [-0.2, -0.15) is 0 Å². The van der Waals surface area contributed by atoms with E-state index in [4.69, 9.17) is 5.11 Å². The first-order valence-corrected chi connectivity index (χ1v) is 5.95. The normalized spacial score (nSPS) is 10.4. The minimum Gasteiger partial charge on any atom is -0.478 e. The van der Waals surface area contributed by atoms with Crippen molar-refractivity contribution in [1.82, 2.24) is 20.0 Å². The van der Waals surface area contributed by atoms with Crippen molar-refractivity contribution >= 4 is 11.8 Å². The first kappa shape index (κ1) is 13.0. The molecule has 0 aliphatic heterocycles. The van der Waals surface area contributed by atoms with Gasteiger partial charge in [0.2, 0.25) is 0 Å².